The molecule has 218 valence electrons. The molecule has 1 N–H and O–H groups in total. The average Bonchev–Trinajstić information content (AvgIpc) is 3.52. The SMILES string of the molecule is C=CCN(CCC)C(=O)[C@@H]1[C@@H]2CC(C)C3(S2)C(C(=O)N(CC=C)c2c(C)cccc2C)N([C@@H](CC)CO)C(=O)[C@H]13. The number of benzene rings is 1. The van der Waals surface area contributed by atoms with Gasteiger partial charge >= 0.3 is 0 Å². The summed E-state index contributed by atoms with van der Waals surface area (Å²) in [5.41, 5.74) is 2.77. The Labute approximate surface area is 243 Å². The Kier molecular flexibility index (Phi) is 9.20. The third-order valence-corrected chi connectivity index (χ3v) is 11.3. The van der Waals surface area contributed by atoms with E-state index in [0.717, 1.165) is 29.7 Å². The number of aliphatic hydroxyl groups excluding tert-OH is 1. The lowest BCUT2D eigenvalue weighted by atomic mass is 9.65. The smallest absolute Gasteiger partial charge is 0.251 e. The molecule has 4 rings (SSSR count). The number of carbonyl (C=O) groups excluding carboxylic acids is 3. The Balaban J connectivity index is 1.87. The lowest BCUT2D eigenvalue weighted by Crippen LogP contribution is -2.59. The summed E-state index contributed by atoms with van der Waals surface area (Å²) in [6.07, 6.45) is 5.55. The van der Waals surface area contributed by atoms with E-state index in [-0.39, 0.29) is 35.5 Å². The van der Waals surface area contributed by atoms with Gasteiger partial charge in [0.1, 0.15) is 6.04 Å². The minimum absolute atomic E-state index is 0.0193. The van der Waals surface area contributed by atoms with Crippen LogP contribution in [0.1, 0.15) is 51.2 Å². The lowest BCUT2D eigenvalue weighted by molar-refractivity contribution is -0.145. The highest BCUT2D eigenvalue weighted by molar-refractivity contribution is 8.02. The van der Waals surface area contributed by atoms with E-state index < -0.39 is 28.7 Å². The van der Waals surface area contributed by atoms with Crippen molar-refractivity contribution >= 4 is 35.2 Å². The van der Waals surface area contributed by atoms with Gasteiger partial charge in [0.05, 0.1) is 29.2 Å². The average molecular weight is 568 g/mol. The number of anilines is 1. The second-order valence-electron chi connectivity index (χ2n) is 11.6. The van der Waals surface area contributed by atoms with Crippen LogP contribution in [0.5, 0.6) is 0 Å². The first-order chi connectivity index (χ1) is 19.1. The Bertz CT molecular complexity index is 1150. The van der Waals surface area contributed by atoms with Crippen molar-refractivity contribution in [1.82, 2.24) is 9.80 Å². The Hall–Kier alpha value is -2.58. The number of nitrogens with zero attached hydrogens (tertiary/aromatic N) is 3. The molecule has 7 nitrogen and oxygen atoms in total. The molecule has 1 aromatic carbocycles. The molecule has 0 aliphatic carbocycles. The quantitative estimate of drug-likeness (QED) is 0.380. The van der Waals surface area contributed by atoms with E-state index in [1.54, 1.807) is 33.7 Å². The summed E-state index contributed by atoms with van der Waals surface area (Å²) >= 11 is 1.68. The van der Waals surface area contributed by atoms with Gasteiger partial charge in [-0.2, -0.15) is 0 Å². The molecule has 3 heterocycles. The molecule has 3 fully saturated rings. The van der Waals surface area contributed by atoms with Crippen LogP contribution < -0.4 is 4.90 Å². The van der Waals surface area contributed by atoms with Crippen molar-refractivity contribution in [2.24, 2.45) is 17.8 Å². The molecule has 0 saturated carbocycles. The van der Waals surface area contributed by atoms with Crippen LogP contribution >= 0.6 is 11.8 Å². The zero-order valence-corrected chi connectivity index (χ0v) is 25.5. The topological polar surface area (TPSA) is 81.2 Å². The number of thioether (sulfide) groups is 1. The Morgan fingerprint density at radius 1 is 1.18 bits per heavy atom. The van der Waals surface area contributed by atoms with Crippen LogP contribution in [0.4, 0.5) is 5.69 Å². The Morgan fingerprint density at radius 2 is 1.82 bits per heavy atom. The predicted octanol–water partition coefficient (Wildman–Crippen LogP) is 4.36. The molecule has 1 aromatic rings. The number of likely N-dealkylation sites (tertiary alicyclic amines) is 1. The summed E-state index contributed by atoms with van der Waals surface area (Å²) < 4.78 is -0.746. The molecule has 3 unspecified atom stereocenters. The number of aryl methyl sites for hydroxylation is 2. The minimum atomic E-state index is -0.789. The lowest BCUT2D eigenvalue weighted by Gasteiger charge is -2.42. The number of hydrogen-bond donors (Lipinski definition) is 1. The normalized spacial score (nSPS) is 29.3. The van der Waals surface area contributed by atoms with Gasteiger partial charge in [0, 0.05) is 30.6 Å². The first-order valence-corrected chi connectivity index (χ1v) is 15.5. The summed E-state index contributed by atoms with van der Waals surface area (Å²) in [4.78, 5) is 48.7. The van der Waals surface area contributed by atoms with Crippen LogP contribution in [-0.4, -0.2) is 80.9 Å². The zero-order valence-electron chi connectivity index (χ0n) is 24.6. The van der Waals surface area contributed by atoms with E-state index in [9.17, 15) is 19.5 Å². The molecule has 3 saturated heterocycles. The predicted molar refractivity (Wildman–Crippen MR) is 162 cm³/mol. The highest BCUT2D eigenvalue weighted by Crippen LogP contribution is 2.69. The molecule has 7 atom stereocenters. The van der Waals surface area contributed by atoms with Gasteiger partial charge in [0.15, 0.2) is 0 Å². The van der Waals surface area contributed by atoms with Crippen molar-refractivity contribution in [3.63, 3.8) is 0 Å². The number of amides is 3. The van der Waals surface area contributed by atoms with Crippen molar-refractivity contribution in [3.05, 3.63) is 54.6 Å². The maximum absolute atomic E-state index is 14.9. The molecule has 0 radical (unpaired) electrons. The number of fused-ring (bicyclic) bond motifs is 1. The van der Waals surface area contributed by atoms with Gasteiger partial charge in [0.2, 0.25) is 11.8 Å². The first-order valence-electron chi connectivity index (χ1n) is 14.6. The summed E-state index contributed by atoms with van der Waals surface area (Å²) in [7, 11) is 0. The van der Waals surface area contributed by atoms with Crippen molar-refractivity contribution in [2.75, 3.05) is 31.1 Å². The van der Waals surface area contributed by atoms with Crippen molar-refractivity contribution in [3.8, 4) is 0 Å². The minimum Gasteiger partial charge on any atom is -0.394 e. The third-order valence-electron chi connectivity index (χ3n) is 9.22. The van der Waals surface area contributed by atoms with Gasteiger partial charge in [-0.05, 0) is 50.2 Å². The highest BCUT2D eigenvalue weighted by Gasteiger charge is 2.77. The maximum atomic E-state index is 14.9. The van der Waals surface area contributed by atoms with E-state index in [0.29, 0.717) is 26.1 Å². The van der Waals surface area contributed by atoms with Crippen LogP contribution in [0.2, 0.25) is 0 Å². The molecular weight excluding hydrogens is 522 g/mol. The van der Waals surface area contributed by atoms with E-state index in [1.165, 1.54) is 0 Å². The summed E-state index contributed by atoms with van der Waals surface area (Å²) in [6, 6.07) is 4.65. The molecule has 40 heavy (non-hydrogen) atoms. The molecule has 1 spiro atoms. The molecule has 3 aliphatic heterocycles. The Morgan fingerprint density at radius 3 is 2.38 bits per heavy atom. The second kappa shape index (κ2) is 12.1. The summed E-state index contributed by atoms with van der Waals surface area (Å²) in [5.74, 6) is -1.41. The fourth-order valence-electron chi connectivity index (χ4n) is 7.56. The third kappa shape index (κ3) is 4.61. The molecular formula is C32H45N3O4S. The van der Waals surface area contributed by atoms with Gasteiger partial charge in [0.25, 0.3) is 5.91 Å². The van der Waals surface area contributed by atoms with Crippen LogP contribution in [0, 0.1) is 31.6 Å². The van der Waals surface area contributed by atoms with E-state index in [4.69, 9.17) is 0 Å². The maximum Gasteiger partial charge on any atom is 0.251 e. The fourth-order valence-corrected chi connectivity index (χ4v) is 9.95. The molecule has 0 aromatic heterocycles. The van der Waals surface area contributed by atoms with E-state index in [2.05, 4.69) is 20.1 Å². The van der Waals surface area contributed by atoms with Gasteiger partial charge < -0.3 is 19.8 Å². The number of para-hydroxylation sites is 1. The zero-order chi connectivity index (χ0) is 29.4. The van der Waals surface area contributed by atoms with Gasteiger partial charge in [-0.15, -0.1) is 24.9 Å². The second-order valence-corrected chi connectivity index (χ2v) is 13.1. The van der Waals surface area contributed by atoms with E-state index in [1.807, 2.05) is 50.8 Å². The van der Waals surface area contributed by atoms with Crippen molar-refractivity contribution < 1.29 is 19.5 Å². The highest BCUT2D eigenvalue weighted by atomic mass is 32.2. The molecule has 3 amide bonds. The monoisotopic (exact) mass is 567 g/mol. The molecule has 2 bridgehead atoms. The van der Waals surface area contributed by atoms with Gasteiger partial charge in [-0.1, -0.05) is 51.1 Å². The first kappa shape index (κ1) is 30.4. The largest absolute Gasteiger partial charge is 0.394 e. The van der Waals surface area contributed by atoms with E-state index >= 15 is 0 Å². The summed E-state index contributed by atoms with van der Waals surface area (Å²) in [5, 5.41) is 10.4. The van der Waals surface area contributed by atoms with Gasteiger partial charge in [-0.3, -0.25) is 14.4 Å². The number of aliphatic hydroxyl groups is 1. The standard InChI is InChI=1S/C32H45N3O4S/c1-8-15-33(16-9-2)29(37)25-24-18-22(7)32(40-24)26(25)30(38)35(23(11-4)19-36)28(32)31(39)34(17-10-3)27-20(5)13-12-14-21(27)6/h8,10,12-14,22-26,28,36H,1,3,9,11,15-19H2,2,4-7H3/t22?,23-,24-,25+,26-,28?,32?/m0/s1. The fraction of sp³-hybridized carbons (Fsp3) is 0.594. The number of carbonyl (C=O) groups is 3. The van der Waals surface area contributed by atoms with Crippen LogP contribution in [0.25, 0.3) is 0 Å². The molecule has 8 heteroatoms. The number of hydrogen-bond acceptors (Lipinski definition) is 5. The van der Waals surface area contributed by atoms with Crippen molar-refractivity contribution in [1.29, 1.82) is 0 Å². The van der Waals surface area contributed by atoms with Crippen molar-refractivity contribution in [2.45, 2.75) is 76.0 Å². The van der Waals surface area contributed by atoms with Crippen LogP contribution in [0.3, 0.4) is 0 Å². The van der Waals surface area contributed by atoms with Crippen LogP contribution in [0.15, 0.2) is 43.5 Å². The van der Waals surface area contributed by atoms with Crippen LogP contribution in [-0.2, 0) is 14.4 Å². The molecule has 3 aliphatic rings. The van der Waals surface area contributed by atoms with Gasteiger partial charge in [-0.25, -0.2) is 0 Å². The summed E-state index contributed by atoms with van der Waals surface area (Å²) in [6.45, 7) is 18.9. The number of rotatable bonds is 12.